The lowest BCUT2D eigenvalue weighted by Crippen LogP contribution is -1.96. The molecule has 0 amide bonds. The lowest BCUT2D eigenvalue weighted by molar-refractivity contribution is 0.664. The van der Waals surface area contributed by atoms with Crippen molar-refractivity contribution < 1.29 is 0 Å². The van der Waals surface area contributed by atoms with Crippen molar-refractivity contribution in [2.75, 3.05) is 0 Å². The van der Waals surface area contributed by atoms with Crippen LogP contribution in [0.25, 0.3) is 20.9 Å². The second kappa shape index (κ2) is 5.66. The van der Waals surface area contributed by atoms with Gasteiger partial charge in [-0.15, -0.1) is 27.8 Å². The molecule has 4 rings (SSSR count). The smallest absolute Gasteiger partial charge is 0.215 e. The van der Waals surface area contributed by atoms with Crippen LogP contribution in [-0.4, -0.2) is 30.2 Å². The first-order valence-corrected chi connectivity index (χ1v) is 9.36. The average molecular weight is 360 g/mol. The molecule has 116 valence electrons. The number of hydrogen-bond donors (Lipinski definition) is 0. The largest absolute Gasteiger partial charge is 0.223 e. The van der Waals surface area contributed by atoms with Crippen molar-refractivity contribution in [2.24, 2.45) is 7.05 Å². The summed E-state index contributed by atoms with van der Waals surface area (Å²) in [5.74, 6) is 0.756. The molecule has 0 saturated carbocycles. The minimum absolute atomic E-state index is 0.713. The van der Waals surface area contributed by atoms with E-state index < -0.39 is 0 Å². The number of aryl methyl sites for hydroxylation is 3. The third-order valence-electron chi connectivity index (χ3n) is 3.51. The molecule has 4 aromatic rings. The molecule has 4 aromatic heterocycles. The third kappa shape index (κ3) is 2.54. The van der Waals surface area contributed by atoms with Crippen LogP contribution in [0.4, 0.5) is 0 Å². The lowest BCUT2D eigenvalue weighted by Gasteiger charge is -2.05. The summed E-state index contributed by atoms with van der Waals surface area (Å²) in [5.41, 5.74) is 1.22. The molecule has 0 bridgehead atoms. The van der Waals surface area contributed by atoms with E-state index in [-0.39, 0.29) is 0 Å². The van der Waals surface area contributed by atoms with E-state index in [4.69, 9.17) is 9.97 Å². The Hall–Kier alpha value is -1.84. The van der Waals surface area contributed by atoms with E-state index in [1.54, 1.807) is 27.4 Å². The number of nitrogens with zero attached hydrogens (tertiary/aromatic N) is 6. The number of aromatic nitrogens is 6. The van der Waals surface area contributed by atoms with Crippen molar-refractivity contribution in [1.82, 2.24) is 30.2 Å². The van der Waals surface area contributed by atoms with Crippen LogP contribution in [0, 0.1) is 13.8 Å². The van der Waals surface area contributed by atoms with Crippen LogP contribution in [0.15, 0.2) is 27.7 Å². The highest BCUT2D eigenvalue weighted by atomic mass is 32.2. The van der Waals surface area contributed by atoms with E-state index in [9.17, 15) is 0 Å². The Balaban J connectivity index is 1.94. The minimum Gasteiger partial charge on any atom is -0.223 e. The number of rotatable bonds is 3. The standard InChI is InChI=1S/C14H12N6S3/c1-7-8(2)22-12-10(7)13(23-14-17-18-19-20(14)3)16-11(15-12)9-5-4-6-21-9/h4-6H,1-3H3. The Morgan fingerprint density at radius 1 is 1.22 bits per heavy atom. The van der Waals surface area contributed by atoms with Crippen molar-refractivity contribution in [3.05, 3.63) is 28.0 Å². The Morgan fingerprint density at radius 2 is 2.09 bits per heavy atom. The highest BCUT2D eigenvalue weighted by molar-refractivity contribution is 7.99. The summed E-state index contributed by atoms with van der Waals surface area (Å²) in [5, 5.41) is 16.4. The number of fused-ring (bicyclic) bond motifs is 1. The van der Waals surface area contributed by atoms with Gasteiger partial charge in [-0.3, -0.25) is 0 Å². The monoisotopic (exact) mass is 360 g/mol. The van der Waals surface area contributed by atoms with E-state index in [1.807, 2.05) is 24.6 Å². The van der Waals surface area contributed by atoms with Crippen LogP contribution < -0.4 is 0 Å². The van der Waals surface area contributed by atoms with E-state index in [0.717, 1.165) is 25.9 Å². The molecular weight excluding hydrogens is 348 g/mol. The summed E-state index contributed by atoms with van der Waals surface area (Å²) in [6, 6.07) is 4.05. The van der Waals surface area contributed by atoms with Crippen molar-refractivity contribution in [3.63, 3.8) is 0 Å². The van der Waals surface area contributed by atoms with Gasteiger partial charge in [0, 0.05) is 17.3 Å². The van der Waals surface area contributed by atoms with Gasteiger partial charge in [-0.2, -0.15) is 0 Å². The first-order chi connectivity index (χ1) is 11.1. The zero-order chi connectivity index (χ0) is 16.0. The van der Waals surface area contributed by atoms with Gasteiger partial charge in [0.1, 0.15) is 9.86 Å². The molecule has 0 saturated heterocycles. The molecule has 0 spiro atoms. The summed E-state index contributed by atoms with van der Waals surface area (Å²) in [4.78, 5) is 12.9. The summed E-state index contributed by atoms with van der Waals surface area (Å²) in [6.45, 7) is 4.23. The van der Waals surface area contributed by atoms with Crippen LogP contribution in [-0.2, 0) is 7.05 Å². The summed E-state index contributed by atoms with van der Waals surface area (Å²) < 4.78 is 1.65. The van der Waals surface area contributed by atoms with Gasteiger partial charge in [-0.25, -0.2) is 14.6 Å². The predicted molar refractivity (Wildman–Crippen MR) is 93.1 cm³/mol. The van der Waals surface area contributed by atoms with E-state index >= 15 is 0 Å². The average Bonchev–Trinajstić information content (AvgIpc) is 3.23. The van der Waals surface area contributed by atoms with Gasteiger partial charge in [-0.1, -0.05) is 6.07 Å². The zero-order valence-corrected chi connectivity index (χ0v) is 15.1. The van der Waals surface area contributed by atoms with Crippen LogP contribution in [0.5, 0.6) is 0 Å². The second-order valence-corrected chi connectivity index (χ2v) is 8.09. The Bertz CT molecular complexity index is 986. The van der Waals surface area contributed by atoms with Crippen LogP contribution in [0.2, 0.25) is 0 Å². The maximum absolute atomic E-state index is 4.79. The summed E-state index contributed by atoms with van der Waals surface area (Å²) in [7, 11) is 1.83. The molecule has 23 heavy (non-hydrogen) atoms. The fourth-order valence-corrected chi connectivity index (χ4v) is 4.85. The molecule has 4 heterocycles. The highest BCUT2D eigenvalue weighted by Gasteiger charge is 2.18. The Morgan fingerprint density at radius 3 is 2.78 bits per heavy atom. The molecule has 0 aromatic carbocycles. The quantitative estimate of drug-likeness (QED) is 0.519. The zero-order valence-electron chi connectivity index (χ0n) is 12.6. The van der Waals surface area contributed by atoms with Crippen molar-refractivity contribution >= 4 is 44.7 Å². The van der Waals surface area contributed by atoms with Gasteiger partial charge in [0.15, 0.2) is 5.82 Å². The van der Waals surface area contributed by atoms with Gasteiger partial charge in [0.25, 0.3) is 0 Å². The molecule has 6 nitrogen and oxygen atoms in total. The molecule has 9 heteroatoms. The van der Waals surface area contributed by atoms with Gasteiger partial charge >= 0.3 is 0 Å². The number of tetrazole rings is 1. The van der Waals surface area contributed by atoms with E-state index in [0.29, 0.717) is 5.16 Å². The van der Waals surface area contributed by atoms with Gasteiger partial charge in [0.05, 0.1) is 4.88 Å². The van der Waals surface area contributed by atoms with Crippen LogP contribution in [0.3, 0.4) is 0 Å². The van der Waals surface area contributed by atoms with Gasteiger partial charge < -0.3 is 0 Å². The predicted octanol–water partition coefficient (Wildman–Crippen LogP) is 3.71. The summed E-state index contributed by atoms with van der Waals surface area (Å²) in [6.07, 6.45) is 0. The van der Waals surface area contributed by atoms with Crippen molar-refractivity contribution in [1.29, 1.82) is 0 Å². The number of hydrogen-bond acceptors (Lipinski definition) is 8. The fraction of sp³-hybridized carbons (Fsp3) is 0.214. The molecule has 0 aliphatic rings. The highest BCUT2D eigenvalue weighted by Crippen LogP contribution is 2.38. The molecule has 0 aliphatic heterocycles. The molecule has 0 fully saturated rings. The van der Waals surface area contributed by atoms with Gasteiger partial charge in [-0.05, 0) is 53.0 Å². The Labute approximate surface area is 144 Å². The van der Waals surface area contributed by atoms with E-state index in [1.165, 1.54) is 22.2 Å². The van der Waals surface area contributed by atoms with Crippen LogP contribution in [0.1, 0.15) is 10.4 Å². The van der Waals surface area contributed by atoms with Crippen molar-refractivity contribution in [3.8, 4) is 10.7 Å². The second-order valence-electron chi connectivity index (χ2n) is 4.98. The molecule has 0 unspecified atom stereocenters. The maximum Gasteiger partial charge on any atom is 0.215 e. The summed E-state index contributed by atoms with van der Waals surface area (Å²) >= 11 is 4.82. The number of thiophene rings is 2. The van der Waals surface area contributed by atoms with Gasteiger partial charge in [0.2, 0.25) is 5.16 Å². The molecule has 0 N–H and O–H groups in total. The SMILES string of the molecule is Cc1sc2nc(-c3cccs3)nc(Sc3nnnn3C)c2c1C. The minimum atomic E-state index is 0.713. The topological polar surface area (TPSA) is 69.4 Å². The molecular formula is C14H12N6S3. The fourth-order valence-electron chi connectivity index (χ4n) is 2.20. The van der Waals surface area contributed by atoms with E-state index in [2.05, 4.69) is 29.4 Å². The first kappa shape index (κ1) is 14.7. The molecule has 0 atom stereocenters. The molecule has 0 aliphatic carbocycles. The Kier molecular flexibility index (Phi) is 3.63. The normalized spacial score (nSPS) is 11.4. The molecule has 0 radical (unpaired) electrons. The first-order valence-electron chi connectivity index (χ1n) is 6.85. The third-order valence-corrected chi connectivity index (χ3v) is 6.49. The lowest BCUT2D eigenvalue weighted by atomic mass is 10.2. The van der Waals surface area contributed by atoms with Crippen molar-refractivity contribution in [2.45, 2.75) is 24.0 Å². The van der Waals surface area contributed by atoms with Crippen LogP contribution >= 0.6 is 34.4 Å². The maximum atomic E-state index is 4.79.